The SMILES string of the molecule is Cc1ccc(Nc2nc(NCCCN(C)C)nc(N)c2[N+](=O)[O-])cc1C. The number of rotatable bonds is 8. The third kappa shape index (κ3) is 5.03. The molecule has 0 saturated carbocycles. The van der Waals surface area contributed by atoms with E-state index in [1.807, 2.05) is 46.1 Å². The van der Waals surface area contributed by atoms with Crippen LogP contribution < -0.4 is 16.4 Å². The maximum atomic E-state index is 11.4. The lowest BCUT2D eigenvalue weighted by atomic mass is 10.1. The van der Waals surface area contributed by atoms with Crippen LogP contribution in [-0.2, 0) is 0 Å². The van der Waals surface area contributed by atoms with E-state index in [1.165, 1.54) is 0 Å². The molecule has 0 saturated heterocycles. The molecule has 0 aliphatic rings. The molecule has 0 aliphatic carbocycles. The van der Waals surface area contributed by atoms with Crippen molar-refractivity contribution in [3.05, 3.63) is 39.4 Å². The zero-order chi connectivity index (χ0) is 19.3. The second-order valence-corrected chi connectivity index (χ2v) is 6.39. The van der Waals surface area contributed by atoms with Crippen LogP contribution in [0.25, 0.3) is 0 Å². The highest BCUT2D eigenvalue weighted by molar-refractivity contribution is 5.74. The lowest BCUT2D eigenvalue weighted by Gasteiger charge is -2.12. The predicted molar refractivity (Wildman–Crippen MR) is 104 cm³/mol. The highest BCUT2D eigenvalue weighted by Crippen LogP contribution is 2.31. The van der Waals surface area contributed by atoms with Gasteiger partial charge in [-0.15, -0.1) is 0 Å². The van der Waals surface area contributed by atoms with Crippen LogP contribution in [0.3, 0.4) is 0 Å². The van der Waals surface area contributed by atoms with Crippen molar-refractivity contribution in [1.29, 1.82) is 0 Å². The van der Waals surface area contributed by atoms with Crippen LogP contribution in [-0.4, -0.2) is 47.0 Å². The van der Waals surface area contributed by atoms with E-state index in [1.54, 1.807) is 0 Å². The number of nitrogens with two attached hydrogens (primary N) is 1. The standard InChI is InChI=1S/C17H25N7O2/c1-11-6-7-13(10-12(11)2)20-16-14(24(25)26)15(18)21-17(22-16)19-8-5-9-23(3)4/h6-7,10H,5,8-9H2,1-4H3,(H4,18,19,20,21,22). The molecule has 0 radical (unpaired) electrons. The highest BCUT2D eigenvalue weighted by atomic mass is 16.6. The summed E-state index contributed by atoms with van der Waals surface area (Å²) >= 11 is 0. The first-order valence-corrected chi connectivity index (χ1v) is 8.32. The minimum absolute atomic E-state index is 0.0702. The molecule has 0 bridgehead atoms. The van der Waals surface area contributed by atoms with Gasteiger partial charge < -0.3 is 21.3 Å². The summed E-state index contributed by atoms with van der Waals surface area (Å²) in [7, 11) is 3.98. The lowest BCUT2D eigenvalue weighted by molar-refractivity contribution is -0.383. The second kappa shape index (κ2) is 8.43. The average Bonchev–Trinajstić information content (AvgIpc) is 2.54. The molecule has 2 rings (SSSR count). The van der Waals surface area contributed by atoms with Gasteiger partial charge in [-0.3, -0.25) is 10.1 Å². The zero-order valence-electron chi connectivity index (χ0n) is 15.5. The van der Waals surface area contributed by atoms with E-state index in [0.29, 0.717) is 12.2 Å². The largest absolute Gasteiger partial charge is 0.378 e. The number of nitrogen functional groups attached to an aromatic ring is 1. The summed E-state index contributed by atoms with van der Waals surface area (Å²) in [6.45, 7) is 5.52. The van der Waals surface area contributed by atoms with E-state index in [4.69, 9.17) is 5.73 Å². The van der Waals surface area contributed by atoms with E-state index in [2.05, 4.69) is 25.5 Å². The number of hydrogen-bond acceptors (Lipinski definition) is 8. The third-order valence-corrected chi connectivity index (χ3v) is 3.93. The monoisotopic (exact) mass is 359 g/mol. The molecular weight excluding hydrogens is 334 g/mol. The van der Waals surface area contributed by atoms with Crippen molar-refractivity contribution < 1.29 is 4.92 Å². The Balaban J connectivity index is 2.26. The molecule has 0 atom stereocenters. The molecule has 9 nitrogen and oxygen atoms in total. The quantitative estimate of drug-likeness (QED) is 0.373. The summed E-state index contributed by atoms with van der Waals surface area (Å²) < 4.78 is 0. The molecule has 1 heterocycles. The van der Waals surface area contributed by atoms with E-state index in [0.717, 1.165) is 24.1 Å². The number of anilines is 4. The molecule has 1 aromatic carbocycles. The number of nitro groups is 1. The van der Waals surface area contributed by atoms with Crippen LogP contribution in [0.1, 0.15) is 17.5 Å². The van der Waals surface area contributed by atoms with Gasteiger partial charge in [0.05, 0.1) is 4.92 Å². The number of nitrogens with zero attached hydrogens (tertiary/aromatic N) is 4. The Hall–Kier alpha value is -2.94. The molecule has 2 aromatic rings. The maximum Gasteiger partial charge on any atom is 0.353 e. The van der Waals surface area contributed by atoms with Crippen LogP contribution in [0, 0.1) is 24.0 Å². The normalized spacial score (nSPS) is 10.8. The molecule has 4 N–H and O–H groups in total. The summed E-state index contributed by atoms with van der Waals surface area (Å²) in [5, 5.41) is 17.4. The van der Waals surface area contributed by atoms with Crippen LogP contribution in [0.2, 0.25) is 0 Å². The Morgan fingerprint density at radius 2 is 1.96 bits per heavy atom. The summed E-state index contributed by atoms with van der Waals surface area (Å²) in [4.78, 5) is 21.1. The zero-order valence-corrected chi connectivity index (χ0v) is 15.5. The molecule has 1 aromatic heterocycles. The number of nitrogens with one attached hydrogen (secondary N) is 2. The third-order valence-electron chi connectivity index (χ3n) is 3.93. The topological polar surface area (TPSA) is 122 Å². The van der Waals surface area contributed by atoms with E-state index < -0.39 is 4.92 Å². The maximum absolute atomic E-state index is 11.4. The molecule has 26 heavy (non-hydrogen) atoms. The smallest absolute Gasteiger partial charge is 0.353 e. The second-order valence-electron chi connectivity index (χ2n) is 6.39. The Labute approximate surface area is 152 Å². The van der Waals surface area contributed by atoms with Gasteiger partial charge in [0, 0.05) is 12.2 Å². The Kier molecular flexibility index (Phi) is 6.29. The van der Waals surface area contributed by atoms with Crippen LogP contribution in [0.5, 0.6) is 0 Å². The number of aromatic nitrogens is 2. The number of aryl methyl sites for hydroxylation is 2. The van der Waals surface area contributed by atoms with Crippen molar-refractivity contribution in [3.63, 3.8) is 0 Å². The molecule has 0 spiro atoms. The molecule has 140 valence electrons. The van der Waals surface area contributed by atoms with Crippen molar-refractivity contribution in [2.45, 2.75) is 20.3 Å². The fraction of sp³-hybridized carbons (Fsp3) is 0.412. The van der Waals surface area contributed by atoms with Gasteiger partial charge in [-0.1, -0.05) is 6.07 Å². The number of benzene rings is 1. The van der Waals surface area contributed by atoms with E-state index >= 15 is 0 Å². The Morgan fingerprint density at radius 3 is 2.58 bits per heavy atom. The summed E-state index contributed by atoms with van der Waals surface area (Å²) in [5.41, 5.74) is 8.38. The minimum atomic E-state index is -0.575. The Bertz CT molecular complexity index is 793. The van der Waals surface area contributed by atoms with Crippen molar-refractivity contribution in [2.75, 3.05) is 43.6 Å². The van der Waals surface area contributed by atoms with Crippen LogP contribution in [0.4, 0.5) is 29.0 Å². The van der Waals surface area contributed by atoms with Crippen LogP contribution in [0.15, 0.2) is 18.2 Å². The van der Waals surface area contributed by atoms with E-state index in [9.17, 15) is 10.1 Å². The van der Waals surface area contributed by atoms with E-state index in [-0.39, 0.29) is 23.3 Å². The Morgan fingerprint density at radius 1 is 1.23 bits per heavy atom. The first-order valence-electron chi connectivity index (χ1n) is 8.32. The molecule has 9 heteroatoms. The van der Waals surface area contributed by atoms with Gasteiger partial charge >= 0.3 is 5.69 Å². The first kappa shape index (κ1) is 19.4. The lowest BCUT2D eigenvalue weighted by Crippen LogP contribution is -2.17. The summed E-state index contributed by atoms with van der Waals surface area (Å²) in [5.74, 6) is 0.158. The van der Waals surface area contributed by atoms with Crippen LogP contribution >= 0.6 is 0 Å². The van der Waals surface area contributed by atoms with Crippen molar-refractivity contribution in [1.82, 2.24) is 14.9 Å². The van der Waals surface area contributed by atoms with Gasteiger partial charge in [0.1, 0.15) is 0 Å². The molecule has 0 aliphatic heterocycles. The summed E-state index contributed by atoms with van der Waals surface area (Å²) in [6, 6.07) is 5.69. The van der Waals surface area contributed by atoms with Gasteiger partial charge in [0.2, 0.25) is 17.6 Å². The van der Waals surface area contributed by atoms with Gasteiger partial charge in [-0.25, -0.2) is 0 Å². The first-order chi connectivity index (χ1) is 12.3. The molecule has 0 fully saturated rings. The average molecular weight is 359 g/mol. The highest BCUT2D eigenvalue weighted by Gasteiger charge is 2.23. The van der Waals surface area contributed by atoms with Gasteiger partial charge in [-0.2, -0.15) is 9.97 Å². The molecular formula is C17H25N7O2. The number of hydrogen-bond donors (Lipinski definition) is 3. The summed E-state index contributed by atoms with van der Waals surface area (Å²) in [6.07, 6.45) is 0.882. The van der Waals surface area contributed by atoms with Gasteiger partial charge in [0.25, 0.3) is 0 Å². The fourth-order valence-electron chi connectivity index (χ4n) is 2.37. The predicted octanol–water partition coefficient (Wildman–Crippen LogP) is 2.69. The van der Waals surface area contributed by atoms with Crippen molar-refractivity contribution in [3.8, 4) is 0 Å². The minimum Gasteiger partial charge on any atom is -0.378 e. The molecule has 0 unspecified atom stereocenters. The molecule has 0 amide bonds. The fourth-order valence-corrected chi connectivity index (χ4v) is 2.37. The van der Waals surface area contributed by atoms with Crippen molar-refractivity contribution >= 4 is 29.0 Å². The van der Waals surface area contributed by atoms with Crippen molar-refractivity contribution in [2.24, 2.45) is 0 Å². The van der Waals surface area contributed by atoms with Gasteiger partial charge in [-0.05, 0) is 64.2 Å². The van der Waals surface area contributed by atoms with Gasteiger partial charge in [0.15, 0.2) is 0 Å².